The van der Waals surface area contributed by atoms with Crippen LogP contribution in [0.5, 0.6) is 0 Å². The Balaban J connectivity index is 2.26. The lowest BCUT2D eigenvalue weighted by atomic mass is 9.75. The summed E-state index contributed by atoms with van der Waals surface area (Å²) < 4.78 is 39.6. The molecule has 1 atom stereocenters. The molecule has 1 heterocycles. The maximum Gasteiger partial charge on any atom is 0.232 e. The van der Waals surface area contributed by atoms with E-state index in [-0.39, 0.29) is 17.5 Å². The molecule has 1 fully saturated rings. The number of carbonyl (C=O) groups is 1. The third-order valence-electron chi connectivity index (χ3n) is 4.03. The number of nitrogens with one attached hydrogen (secondary N) is 2. The number of hydrogen-bond acceptors (Lipinski definition) is 2. The molecular formula is C14H17F3N2O. The molecule has 1 aliphatic rings. The molecule has 1 aromatic rings. The van der Waals surface area contributed by atoms with E-state index in [0.717, 1.165) is 12.1 Å². The molecule has 1 aromatic carbocycles. The van der Waals surface area contributed by atoms with E-state index < -0.39 is 22.9 Å². The standard InChI is InChI=1S/C14H17F3N2O/c1-8(2)14(5-6-18-7-14)13(20)19-10-4-3-9(15)11(16)12(10)17/h3-4,8,18H,5-7H2,1-2H3,(H,19,20). The van der Waals surface area contributed by atoms with E-state index in [9.17, 15) is 18.0 Å². The molecule has 0 aromatic heterocycles. The second-order valence-electron chi connectivity index (χ2n) is 5.41. The van der Waals surface area contributed by atoms with Gasteiger partial charge in [0, 0.05) is 6.54 Å². The normalized spacial score (nSPS) is 22.3. The summed E-state index contributed by atoms with van der Waals surface area (Å²) in [6, 6.07) is 1.82. The number of hydrogen-bond donors (Lipinski definition) is 2. The molecule has 0 saturated carbocycles. The van der Waals surface area contributed by atoms with E-state index >= 15 is 0 Å². The molecule has 1 aliphatic heterocycles. The van der Waals surface area contributed by atoms with Gasteiger partial charge in [-0.1, -0.05) is 13.8 Å². The van der Waals surface area contributed by atoms with Crippen LogP contribution >= 0.6 is 0 Å². The predicted molar refractivity (Wildman–Crippen MR) is 69.7 cm³/mol. The van der Waals surface area contributed by atoms with Crippen LogP contribution in [0, 0.1) is 28.8 Å². The van der Waals surface area contributed by atoms with Gasteiger partial charge in [-0.2, -0.15) is 0 Å². The second-order valence-corrected chi connectivity index (χ2v) is 5.41. The lowest BCUT2D eigenvalue weighted by Gasteiger charge is -2.31. The first-order chi connectivity index (χ1) is 9.38. The zero-order valence-electron chi connectivity index (χ0n) is 11.4. The van der Waals surface area contributed by atoms with Crippen LogP contribution in [0.25, 0.3) is 0 Å². The average molecular weight is 286 g/mol. The van der Waals surface area contributed by atoms with Gasteiger partial charge < -0.3 is 10.6 Å². The summed E-state index contributed by atoms with van der Waals surface area (Å²) in [5.74, 6) is -4.55. The molecule has 0 bridgehead atoms. The molecule has 1 unspecified atom stereocenters. The molecule has 0 aliphatic carbocycles. The Morgan fingerprint density at radius 3 is 2.55 bits per heavy atom. The maximum atomic E-state index is 13.6. The van der Waals surface area contributed by atoms with Crippen molar-refractivity contribution in [3.63, 3.8) is 0 Å². The van der Waals surface area contributed by atoms with E-state index in [0.29, 0.717) is 19.5 Å². The van der Waals surface area contributed by atoms with E-state index in [1.807, 2.05) is 13.8 Å². The predicted octanol–water partition coefficient (Wildman–Crippen LogP) is 2.68. The number of carbonyl (C=O) groups excluding carboxylic acids is 1. The highest BCUT2D eigenvalue weighted by Gasteiger charge is 2.44. The summed E-state index contributed by atoms with van der Waals surface area (Å²) in [5.41, 5.74) is -0.988. The summed E-state index contributed by atoms with van der Waals surface area (Å²) >= 11 is 0. The highest BCUT2D eigenvalue weighted by Crippen LogP contribution is 2.35. The molecule has 20 heavy (non-hydrogen) atoms. The third-order valence-corrected chi connectivity index (χ3v) is 4.03. The van der Waals surface area contributed by atoms with Gasteiger partial charge in [-0.15, -0.1) is 0 Å². The first kappa shape index (κ1) is 14.8. The molecule has 0 spiro atoms. The Hall–Kier alpha value is -1.56. The quantitative estimate of drug-likeness (QED) is 0.839. The molecule has 110 valence electrons. The van der Waals surface area contributed by atoms with Gasteiger partial charge in [0.15, 0.2) is 17.5 Å². The van der Waals surface area contributed by atoms with Crippen LogP contribution < -0.4 is 10.6 Å². The van der Waals surface area contributed by atoms with Crippen molar-refractivity contribution < 1.29 is 18.0 Å². The van der Waals surface area contributed by atoms with Crippen molar-refractivity contribution in [2.75, 3.05) is 18.4 Å². The molecule has 2 N–H and O–H groups in total. The number of anilines is 1. The van der Waals surface area contributed by atoms with E-state index in [2.05, 4.69) is 10.6 Å². The van der Waals surface area contributed by atoms with Crippen LogP contribution in [-0.2, 0) is 4.79 Å². The zero-order valence-corrected chi connectivity index (χ0v) is 11.4. The van der Waals surface area contributed by atoms with E-state index in [4.69, 9.17) is 0 Å². The summed E-state index contributed by atoms with van der Waals surface area (Å²) in [7, 11) is 0. The van der Waals surface area contributed by atoms with E-state index in [1.54, 1.807) is 0 Å². The molecule has 2 rings (SSSR count). The Labute approximate surface area is 115 Å². The van der Waals surface area contributed by atoms with Crippen molar-refractivity contribution in [2.24, 2.45) is 11.3 Å². The lowest BCUT2D eigenvalue weighted by Crippen LogP contribution is -2.42. The SMILES string of the molecule is CC(C)C1(C(=O)Nc2ccc(F)c(F)c2F)CCNC1. The molecule has 1 saturated heterocycles. The summed E-state index contributed by atoms with van der Waals surface area (Å²) in [4.78, 5) is 12.4. The highest BCUT2D eigenvalue weighted by atomic mass is 19.2. The first-order valence-electron chi connectivity index (χ1n) is 6.54. The monoisotopic (exact) mass is 286 g/mol. The fourth-order valence-corrected chi connectivity index (χ4v) is 2.53. The fourth-order valence-electron chi connectivity index (χ4n) is 2.53. The van der Waals surface area contributed by atoms with Crippen LogP contribution in [0.1, 0.15) is 20.3 Å². The van der Waals surface area contributed by atoms with Crippen molar-refractivity contribution in [1.29, 1.82) is 0 Å². The minimum absolute atomic E-state index is 0.0471. The smallest absolute Gasteiger partial charge is 0.232 e. The van der Waals surface area contributed by atoms with Gasteiger partial charge in [0.25, 0.3) is 0 Å². The largest absolute Gasteiger partial charge is 0.323 e. The third kappa shape index (κ3) is 2.40. The highest BCUT2D eigenvalue weighted by molar-refractivity contribution is 5.96. The molecule has 1 amide bonds. The Morgan fingerprint density at radius 1 is 1.30 bits per heavy atom. The summed E-state index contributed by atoms with van der Waals surface area (Å²) in [6.45, 7) is 5.01. The molecule has 0 radical (unpaired) electrons. The zero-order chi connectivity index (χ0) is 14.9. The molecule has 6 heteroatoms. The lowest BCUT2D eigenvalue weighted by molar-refractivity contribution is -0.126. The van der Waals surface area contributed by atoms with Crippen LogP contribution in [0.15, 0.2) is 12.1 Å². The minimum atomic E-state index is -1.58. The Morgan fingerprint density at radius 2 is 2.00 bits per heavy atom. The first-order valence-corrected chi connectivity index (χ1v) is 6.54. The van der Waals surface area contributed by atoms with Gasteiger partial charge in [0.05, 0.1) is 11.1 Å². The fraction of sp³-hybridized carbons (Fsp3) is 0.500. The Kier molecular flexibility index (Phi) is 4.04. The van der Waals surface area contributed by atoms with E-state index in [1.165, 1.54) is 0 Å². The van der Waals surface area contributed by atoms with Crippen molar-refractivity contribution in [3.05, 3.63) is 29.6 Å². The van der Waals surface area contributed by atoms with Crippen LogP contribution in [-0.4, -0.2) is 19.0 Å². The van der Waals surface area contributed by atoms with Gasteiger partial charge >= 0.3 is 0 Å². The summed E-state index contributed by atoms with van der Waals surface area (Å²) in [6.07, 6.45) is 0.627. The van der Waals surface area contributed by atoms with Crippen molar-refractivity contribution >= 4 is 11.6 Å². The number of amides is 1. The molecule has 3 nitrogen and oxygen atoms in total. The number of rotatable bonds is 3. The van der Waals surface area contributed by atoms with Crippen molar-refractivity contribution in [3.8, 4) is 0 Å². The van der Waals surface area contributed by atoms with Crippen LogP contribution in [0.3, 0.4) is 0 Å². The summed E-state index contributed by atoms with van der Waals surface area (Å²) in [5, 5.41) is 5.49. The minimum Gasteiger partial charge on any atom is -0.323 e. The van der Waals surface area contributed by atoms with Gasteiger partial charge in [-0.05, 0) is 31.0 Å². The van der Waals surface area contributed by atoms with Crippen molar-refractivity contribution in [2.45, 2.75) is 20.3 Å². The van der Waals surface area contributed by atoms with Crippen LogP contribution in [0.2, 0.25) is 0 Å². The van der Waals surface area contributed by atoms with Gasteiger partial charge in [-0.3, -0.25) is 4.79 Å². The Bertz CT molecular complexity index is 525. The average Bonchev–Trinajstić information content (AvgIpc) is 2.90. The second kappa shape index (κ2) is 5.44. The maximum absolute atomic E-state index is 13.6. The number of benzene rings is 1. The van der Waals surface area contributed by atoms with Crippen molar-refractivity contribution in [1.82, 2.24) is 5.32 Å². The van der Waals surface area contributed by atoms with Gasteiger partial charge in [0.1, 0.15) is 0 Å². The van der Waals surface area contributed by atoms with Crippen LogP contribution in [0.4, 0.5) is 18.9 Å². The van der Waals surface area contributed by atoms with Gasteiger partial charge in [0.2, 0.25) is 5.91 Å². The number of halogens is 3. The molecular weight excluding hydrogens is 269 g/mol. The van der Waals surface area contributed by atoms with Gasteiger partial charge in [-0.25, -0.2) is 13.2 Å². The topological polar surface area (TPSA) is 41.1 Å².